The second-order valence-electron chi connectivity index (χ2n) is 4.79. The van der Waals surface area contributed by atoms with E-state index in [-0.39, 0.29) is 0 Å². The molecule has 18 heavy (non-hydrogen) atoms. The molecule has 1 N–H and O–H groups in total. The van der Waals surface area contributed by atoms with E-state index in [9.17, 15) is 0 Å². The van der Waals surface area contributed by atoms with Crippen molar-refractivity contribution in [2.75, 3.05) is 32.6 Å². The van der Waals surface area contributed by atoms with Gasteiger partial charge in [-0.1, -0.05) is 30.8 Å². The fourth-order valence-electron chi connectivity index (χ4n) is 1.38. The highest BCUT2D eigenvalue weighted by Crippen LogP contribution is 2.32. The monoisotopic (exact) mass is 269 g/mol. The molecule has 0 aromatic carbocycles. The molecule has 0 saturated heterocycles. The van der Waals surface area contributed by atoms with Gasteiger partial charge in [0, 0.05) is 26.7 Å². The first kappa shape index (κ1) is 15.0. The minimum absolute atomic E-state index is 0.494. The van der Waals surface area contributed by atoms with Crippen LogP contribution >= 0.6 is 11.3 Å². The predicted molar refractivity (Wildman–Crippen MR) is 79.8 cm³/mol. The van der Waals surface area contributed by atoms with Crippen LogP contribution in [0.1, 0.15) is 25.6 Å². The zero-order valence-corrected chi connectivity index (χ0v) is 12.9. The Morgan fingerprint density at radius 3 is 2.67 bits per heavy atom. The summed E-state index contributed by atoms with van der Waals surface area (Å²) < 4.78 is 5.31. The number of nitrogens with one attached hydrogen (secondary N) is 1. The number of anilines is 1. The van der Waals surface area contributed by atoms with Crippen LogP contribution in [0.15, 0.2) is 5.57 Å². The number of nitrogens with zero attached hydrogens (tertiary/aromatic N) is 2. The largest absolute Gasteiger partial charge is 0.480 e. The molecule has 0 spiro atoms. The standard InChI is InChI=1S/C13H23N3OS/c1-9(2)14-8-10(3)7-11-12(17-6)15-13(18-11)16(4)5/h7,9,14H,8H2,1-6H3. The van der Waals surface area contributed by atoms with Crippen LogP contribution in [0.5, 0.6) is 5.88 Å². The number of thiazole rings is 1. The summed E-state index contributed by atoms with van der Waals surface area (Å²) in [5.41, 5.74) is 1.27. The van der Waals surface area contributed by atoms with Gasteiger partial charge in [-0.15, -0.1) is 0 Å². The molecular formula is C13H23N3OS. The van der Waals surface area contributed by atoms with E-state index in [4.69, 9.17) is 4.74 Å². The number of hydrogen-bond acceptors (Lipinski definition) is 5. The molecule has 0 radical (unpaired) electrons. The summed E-state index contributed by atoms with van der Waals surface area (Å²) >= 11 is 1.64. The van der Waals surface area contributed by atoms with Crippen LogP contribution in [0.25, 0.3) is 6.08 Å². The Balaban J connectivity index is 2.84. The Morgan fingerprint density at radius 1 is 1.50 bits per heavy atom. The smallest absolute Gasteiger partial charge is 0.233 e. The zero-order chi connectivity index (χ0) is 13.7. The highest BCUT2D eigenvalue weighted by atomic mass is 32.1. The summed E-state index contributed by atoms with van der Waals surface area (Å²) in [5.74, 6) is 0.701. The summed E-state index contributed by atoms with van der Waals surface area (Å²) in [7, 11) is 5.63. The molecule has 0 unspecified atom stereocenters. The van der Waals surface area contributed by atoms with E-state index in [1.807, 2.05) is 19.0 Å². The third-order valence-electron chi connectivity index (χ3n) is 2.35. The molecule has 1 rings (SSSR count). The first-order valence-electron chi connectivity index (χ1n) is 6.06. The third kappa shape index (κ3) is 4.31. The van der Waals surface area contributed by atoms with E-state index in [0.717, 1.165) is 16.6 Å². The Kier molecular flexibility index (Phi) is 5.62. The van der Waals surface area contributed by atoms with Crippen molar-refractivity contribution in [3.63, 3.8) is 0 Å². The minimum Gasteiger partial charge on any atom is -0.480 e. The number of rotatable bonds is 6. The Bertz CT molecular complexity index is 410. The van der Waals surface area contributed by atoms with Crippen LogP contribution in [0.4, 0.5) is 5.13 Å². The molecule has 1 aromatic rings. The van der Waals surface area contributed by atoms with E-state index in [1.165, 1.54) is 5.57 Å². The molecule has 1 heterocycles. The van der Waals surface area contributed by atoms with E-state index < -0.39 is 0 Å². The second-order valence-corrected chi connectivity index (χ2v) is 5.80. The maximum atomic E-state index is 5.31. The molecule has 0 atom stereocenters. The fraction of sp³-hybridized carbons (Fsp3) is 0.615. The quantitative estimate of drug-likeness (QED) is 0.861. The van der Waals surface area contributed by atoms with Crippen molar-refractivity contribution in [1.82, 2.24) is 10.3 Å². The SMILES string of the molecule is COc1nc(N(C)C)sc1C=C(C)CNC(C)C. The van der Waals surface area contributed by atoms with Crippen molar-refractivity contribution in [2.45, 2.75) is 26.8 Å². The first-order valence-corrected chi connectivity index (χ1v) is 6.88. The lowest BCUT2D eigenvalue weighted by Gasteiger charge is -2.07. The molecule has 0 aliphatic heterocycles. The van der Waals surface area contributed by atoms with Gasteiger partial charge in [0.05, 0.1) is 12.0 Å². The molecular weight excluding hydrogens is 246 g/mol. The van der Waals surface area contributed by atoms with Gasteiger partial charge in [-0.3, -0.25) is 0 Å². The lowest BCUT2D eigenvalue weighted by Crippen LogP contribution is -2.24. The van der Waals surface area contributed by atoms with Crippen molar-refractivity contribution in [3.05, 3.63) is 10.5 Å². The van der Waals surface area contributed by atoms with Gasteiger partial charge >= 0.3 is 0 Å². The molecule has 0 aliphatic carbocycles. The van der Waals surface area contributed by atoms with Crippen LogP contribution in [-0.4, -0.2) is 38.8 Å². The van der Waals surface area contributed by atoms with Gasteiger partial charge in [0.25, 0.3) is 0 Å². The number of ether oxygens (including phenoxy) is 1. The highest BCUT2D eigenvalue weighted by Gasteiger charge is 2.11. The zero-order valence-electron chi connectivity index (χ0n) is 12.1. The van der Waals surface area contributed by atoms with Gasteiger partial charge in [0.15, 0.2) is 5.13 Å². The Morgan fingerprint density at radius 2 is 2.17 bits per heavy atom. The van der Waals surface area contributed by atoms with E-state index >= 15 is 0 Å². The Hall–Kier alpha value is -1.07. The van der Waals surface area contributed by atoms with Crippen molar-refractivity contribution in [2.24, 2.45) is 0 Å². The molecule has 5 heteroatoms. The van der Waals surface area contributed by atoms with Gasteiger partial charge in [-0.05, 0) is 13.0 Å². The lowest BCUT2D eigenvalue weighted by atomic mass is 10.2. The predicted octanol–water partition coefficient (Wildman–Crippen LogP) is 2.62. The molecule has 0 amide bonds. The molecule has 1 aromatic heterocycles. The molecule has 0 saturated carbocycles. The molecule has 0 fully saturated rings. The maximum absolute atomic E-state index is 5.31. The first-order chi connectivity index (χ1) is 8.43. The Labute approximate surface area is 114 Å². The van der Waals surface area contributed by atoms with Crippen molar-refractivity contribution in [3.8, 4) is 5.88 Å². The van der Waals surface area contributed by atoms with Crippen LogP contribution in [0.2, 0.25) is 0 Å². The average molecular weight is 269 g/mol. The van der Waals surface area contributed by atoms with Crippen molar-refractivity contribution >= 4 is 22.5 Å². The van der Waals surface area contributed by atoms with E-state index in [1.54, 1.807) is 18.4 Å². The second kappa shape index (κ2) is 6.75. The van der Waals surface area contributed by atoms with Gasteiger partial charge in [-0.2, -0.15) is 4.98 Å². The van der Waals surface area contributed by atoms with Crippen molar-refractivity contribution in [1.29, 1.82) is 0 Å². The van der Waals surface area contributed by atoms with Crippen LogP contribution in [0, 0.1) is 0 Å². The summed E-state index contributed by atoms with van der Waals surface area (Å²) in [4.78, 5) is 7.50. The number of hydrogen-bond donors (Lipinski definition) is 1. The van der Waals surface area contributed by atoms with Crippen LogP contribution < -0.4 is 15.0 Å². The lowest BCUT2D eigenvalue weighted by molar-refractivity contribution is 0.400. The normalized spacial score (nSPS) is 12.1. The minimum atomic E-state index is 0.494. The van der Waals surface area contributed by atoms with Crippen LogP contribution in [0.3, 0.4) is 0 Å². The van der Waals surface area contributed by atoms with Gasteiger partial charge in [-0.25, -0.2) is 0 Å². The average Bonchev–Trinajstić information content (AvgIpc) is 2.69. The molecule has 102 valence electrons. The van der Waals surface area contributed by atoms with E-state index in [0.29, 0.717) is 11.9 Å². The summed E-state index contributed by atoms with van der Waals surface area (Å²) in [6.07, 6.45) is 2.14. The van der Waals surface area contributed by atoms with Crippen molar-refractivity contribution < 1.29 is 4.74 Å². The topological polar surface area (TPSA) is 37.4 Å². The molecule has 0 bridgehead atoms. The summed E-state index contributed by atoms with van der Waals surface area (Å²) in [6, 6.07) is 0.494. The summed E-state index contributed by atoms with van der Waals surface area (Å²) in [6.45, 7) is 7.29. The van der Waals surface area contributed by atoms with Gasteiger partial charge < -0.3 is 15.0 Å². The van der Waals surface area contributed by atoms with Crippen LogP contribution in [-0.2, 0) is 0 Å². The van der Waals surface area contributed by atoms with E-state index in [2.05, 4.69) is 37.1 Å². The molecule has 4 nitrogen and oxygen atoms in total. The third-order valence-corrected chi connectivity index (χ3v) is 3.50. The maximum Gasteiger partial charge on any atom is 0.233 e. The van der Waals surface area contributed by atoms with Gasteiger partial charge in [0.1, 0.15) is 0 Å². The fourth-order valence-corrected chi connectivity index (χ4v) is 2.36. The number of methoxy groups -OCH3 is 1. The number of aromatic nitrogens is 1. The molecule has 0 aliphatic rings. The van der Waals surface area contributed by atoms with Gasteiger partial charge in [0.2, 0.25) is 5.88 Å². The summed E-state index contributed by atoms with van der Waals surface area (Å²) in [5, 5.41) is 4.36. The highest BCUT2D eigenvalue weighted by molar-refractivity contribution is 7.16.